The van der Waals surface area contributed by atoms with Gasteiger partial charge in [-0.1, -0.05) is 13.8 Å². The van der Waals surface area contributed by atoms with Crippen molar-refractivity contribution in [2.75, 3.05) is 0 Å². The number of hydrogen-bond acceptors (Lipinski definition) is 2. The first-order chi connectivity index (χ1) is 7.23. The zero-order chi connectivity index (χ0) is 12.1. The van der Waals surface area contributed by atoms with Gasteiger partial charge in [-0.15, -0.1) is 0 Å². The Morgan fingerprint density at radius 3 is 2.56 bits per heavy atom. The number of carbonyl (C=O) groups excluding carboxylic acids is 1. The van der Waals surface area contributed by atoms with Gasteiger partial charge < -0.3 is 4.74 Å². The van der Waals surface area contributed by atoms with Crippen molar-refractivity contribution in [3.63, 3.8) is 0 Å². The minimum atomic E-state index is -4.91. The lowest BCUT2D eigenvalue weighted by Crippen LogP contribution is -2.49. The van der Waals surface area contributed by atoms with Gasteiger partial charge in [0, 0.05) is 5.92 Å². The molecule has 16 heavy (non-hydrogen) atoms. The Bertz CT molecular complexity index is 355. The van der Waals surface area contributed by atoms with Crippen molar-refractivity contribution in [1.82, 2.24) is 0 Å². The molecule has 0 aromatic rings. The van der Waals surface area contributed by atoms with Gasteiger partial charge in [-0.05, 0) is 30.3 Å². The minimum absolute atomic E-state index is 0.0439. The topological polar surface area (TPSA) is 26.3 Å². The monoisotopic (exact) mass is 234 g/mol. The third kappa shape index (κ3) is 1.62. The van der Waals surface area contributed by atoms with Crippen LogP contribution >= 0.6 is 0 Å². The standard InChI is InChI=1S/C11H13F3O2/c1-10(2)6-3-4-8(7(10)5-6)16-9(15)11(12,13)14/h4,6-7H,3,5H2,1-2H3/t6-,7-/m0/s1. The van der Waals surface area contributed by atoms with Gasteiger partial charge in [-0.2, -0.15) is 13.2 Å². The number of esters is 1. The first-order valence-electron chi connectivity index (χ1n) is 5.22. The Labute approximate surface area is 91.5 Å². The molecule has 2 bridgehead atoms. The van der Waals surface area contributed by atoms with Crippen molar-refractivity contribution in [2.45, 2.75) is 32.9 Å². The second-order valence-electron chi connectivity index (χ2n) is 5.04. The summed E-state index contributed by atoms with van der Waals surface area (Å²) in [6.45, 7) is 4.00. The summed E-state index contributed by atoms with van der Waals surface area (Å²) in [5.74, 6) is -1.45. The van der Waals surface area contributed by atoms with Crippen LogP contribution in [-0.2, 0) is 9.53 Å². The third-order valence-corrected chi connectivity index (χ3v) is 3.86. The quantitative estimate of drug-likeness (QED) is 0.652. The molecule has 3 aliphatic rings. The summed E-state index contributed by atoms with van der Waals surface area (Å²) in [6.07, 6.45) is -1.77. The Morgan fingerprint density at radius 2 is 2.12 bits per heavy atom. The zero-order valence-electron chi connectivity index (χ0n) is 9.10. The summed E-state index contributed by atoms with van der Waals surface area (Å²) in [6, 6.07) is 0. The van der Waals surface area contributed by atoms with Crippen LogP contribution < -0.4 is 0 Å². The van der Waals surface area contributed by atoms with Crippen LogP contribution in [0.4, 0.5) is 13.2 Å². The molecule has 3 rings (SSSR count). The van der Waals surface area contributed by atoms with E-state index < -0.39 is 12.1 Å². The second kappa shape index (κ2) is 3.25. The Morgan fingerprint density at radius 1 is 1.50 bits per heavy atom. The maximum Gasteiger partial charge on any atom is 0.491 e. The van der Waals surface area contributed by atoms with E-state index in [-0.39, 0.29) is 17.1 Å². The molecule has 0 aromatic heterocycles. The largest absolute Gasteiger partial charge is 0.491 e. The van der Waals surface area contributed by atoms with Crippen molar-refractivity contribution < 1.29 is 22.7 Å². The van der Waals surface area contributed by atoms with E-state index in [1.165, 1.54) is 0 Å². The Balaban J connectivity index is 2.08. The number of carbonyl (C=O) groups is 1. The van der Waals surface area contributed by atoms with E-state index in [0.717, 1.165) is 6.42 Å². The van der Waals surface area contributed by atoms with Crippen LogP contribution in [0.1, 0.15) is 26.7 Å². The first-order valence-corrected chi connectivity index (χ1v) is 5.22. The highest BCUT2D eigenvalue weighted by Crippen LogP contribution is 2.59. The molecule has 1 fully saturated rings. The fraction of sp³-hybridized carbons (Fsp3) is 0.727. The summed E-state index contributed by atoms with van der Waals surface area (Å²) in [7, 11) is 0. The number of hydrogen-bond donors (Lipinski definition) is 0. The lowest BCUT2D eigenvalue weighted by Gasteiger charge is -2.55. The molecule has 0 unspecified atom stereocenters. The number of halogens is 3. The number of allylic oxidation sites excluding steroid dienone is 2. The second-order valence-corrected chi connectivity index (χ2v) is 5.04. The van der Waals surface area contributed by atoms with Gasteiger partial charge >= 0.3 is 12.1 Å². The van der Waals surface area contributed by atoms with Gasteiger partial charge in [0.2, 0.25) is 0 Å². The molecule has 0 aliphatic heterocycles. The van der Waals surface area contributed by atoms with Gasteiger partial charge in [0.15, 0.2) is 0 Å². The predicted octanol–water partition coefficient (Wildman–Crippen LogP) is 3.04. The van der Waals surface area contributed by atoms with Crippen LogP contribution in [0.3, 0.4) is 0 Å². The molecule has 0 radical (unpaired) electrons. The number of fused-ring (bicyclic) bond motifs is 1. The molecule has 3 aliphatic carbocycles. The average molecular weight is 234 g/mol. The molecule has 2 nitrogen and oxygen atoms in total. The van der Waals surface area contributed by atoms with E-state index in [1.54, 1.807) is 6.08 Å². The Kier molecular flexibility index (Phi) is 2.33. The summed E-state index contributed by atoms with van der Waals surface area (Å²) >= 11 is 0. The predicted molar refractivity (Wildman–Crippen MR) is 50.2 cm³/mol. The molecule has 0 aromatic carbocycles. The fourth-order valence-corrected chi connectivity index (χ4v) is 2.58. The van der Waals surface area contributed by atoms with Gasteiger partial charge in [0.25, 0.3) is 0 Å². The van der Waals surface area contributed by atoms with Crippen LogP contribution in [0.5, 0.6) is 0 Å². The maximum atomic E-state index is 12.0. The molecule has 5 heteroatoms. The van der Waals surface area contributed by atoms with E-state index in [9.17, 15) is 18.0 Å². The number of alkyl halides is 3. The molecule has 90 valence electrons. The van der Waals surface area contributed by atoms with Crippen LogP contribution in [0.25, 0.3) is 0 Å². The molecule has 0 spiro atoms. The molecular formula is C11H13F3O2. The van der Waals surface area contributed by atoms with E-state index >= 15 is 0 Å². The van der Waals surface area contributed by atoms with Gasteiger partial charge in [0.05, 0.1) is 0 Å². The summed E-state index contributed by atoms with van der Waals surface area (Å²) in [4.78, 5) is 10.7. The molecule has 0 amide bonds. The van der Waals surface area contributed by atoms with Crippen LogP contribution in [0, 0.1) is 17.3 Å². The summed E-state index contributed by atoms with van der Waals surface area (Å²) < 4.78 is 40.5. The molecule has 0 heterocycles. The van der Waals surface area contributed by atoms with Crippen LogP contribution in [0.15, 0.2) is 11.8 Å². The molecule has 1 saturated carbocycles. The minimum Gasteiger partial charge on any atom is -0.424 e. The van der Waals surface area contributed by atoms with Crippen LogP contribution in [-0.4, -0.2) is 12.1 Å². The number of ether oxygens (including phenoxy) is 1. The Hall–Kier alpha value is -1.00. The van der Waals surface area contributed by atoms with Crippen molar-refractivity contribution in [3.8, 4) is 0 Å². The number of rotatable bonds is 1. The smallest absolute Gasteiger partial charge is 0.424 e. The summed E-state index contributed by atoms with van der Waals surface area (Å²) in [5.41, 5.74) is -0.0457. The summed E-state index contributed by atoms with van der Waals surface area (Å²) in [5, 5.41) is 0. The van der Waals surface area contributed by atoms with E-state index in [2.05, 4.69) is 4.74 Å². The maximum absolute atomic E-state index is 12.0. The average Bonchev–Trinajstić information content (AvgIpc) is 2.16. The van der Waals surface area contributed by atoms with Crippen molar-refractivity contribution in [1.29, 1.82) is 0 Å². The molecule has 0 saturated heterocycles. The molecule has 2 atom stereocenters. The lowest BCUT2D eigenvalue weighted by atomic mass is 9.50. The van der Waals surface area contributed by atoms with Gasteiger partial charge in [-0.25, -0.2) is 4.79 Å². The molecule has 0 N–H and O–H groups in total. The van der Waals surface area contributed by atoms with Crippen molar-refractivity contribution in [3.05, 3.63) is 11.8 Å². The van der Waals surface area contributed by atoms with E-state index in [1.807, 2.05) is 13.8 Å². The van der Waals surface area contributed by atoms with Gasteiger partial charge in [0.1, 0.15) is 5.76 Å². The fourth-order valence-electron chi connectivity index (χ4n) is 2.58. The lowest BCUT2D eigenvalue weighted by molar-refractivity contribution is -0.199. The normalized spacial score (nSPS) is 31.4. The third-order valence-electron chi connectivity index (χ3n) is 3.86. The SMILES string of the molecule is CC1(C)[C@H]2CC=C(OC(=O)C(F)(F)F)[C@@H]1C2. The van der Waals surface area contributed by atoms with Crippen molar-refractivity contribution >= 4 is 5.97 Å². The zero-order valence-corrected chi connectivity index (χ0v) is 9.10. The van der Waals surface area contributed by atoms with Crippen molar-refractivity contribution in [2.24, 2.45) is 17.3 Å². The highest BCUT2D eigenvalue weighted by molar-refractivity contribution is 5.76. The van der Waals surface area contributed by atoms with Crippen LogP contribution in [0.2, 0.25) is 0 Å². The van der Waals surface area contributed by atoms with E-state index in [4.69, 9.17) is 0 Å². The first kappa shape index (κ1) is 11.5. The highest BCUT2D eigenvalue weighted by atomic mass is 19.4. The van der Waals surface area contributed by atoms with Gasteiger partial charge in [-0.3, -0.25) is 0 Å². The highest BCUT2D eigenvalue weighted by Gasteiger charge is 2.54. The van der Waals surface area contributed by atoms with E-state index in [0.29, 0.717) is 12.3 Å². The molecular weight excluding hydrogens is 221 g/mol.